The topological polar surface area (TPSA) is 108 Å². The number of aromatic nitrogens is 1. The molecule has 1 aromatic carbocycles. The Hall–Kier alpha value is -3.96. The predicted molar refractivity (Wildman–Crippen MR) is 100.0 cm³/mol. The molecule has 0 saturated carbocycles. The van der Waals surface area contributed by atoms with Crippen molar-refractivity contribution in [1.29, 1.82) is 0 Å². The summed E-state index contributed by atoms with van der Waals surface area (Å²) >= 11 is 0. The number of fused-ring (bicyclic) bond motifs is 1. The third kappa shape index (κ3) is 3.67. The minimum absolute atomic E-state index is 0.0152. The van der Waals surface area contributed by atoms with Crippen molar-refractivity contribution in [3.05, 3.63) is 41.6 Å². The van der Waals surface area contributed by atoms with Crippen molar-refractivity contribution >= 4 is 30.1 Å². The fourth-order valence-electron chi connectivity index (χ4n) is 3.22. The van der Waals surface area contributed by atoms with Crippen LogP contribution >= 0.6 is 0 Å². The second kappa shape index (κ2) is 7.70. The zero-order valence-electron chi connectivity index (χ0n) is 16.4. The maximum Gasteiger partial charge on any atom is 0.348 e. The molecule has 1 fully saturated rings. The lowest BCUT2D eigenvalue weighted by atomic mass is 10.1. The summed E-state index contributed by atoms with van der Waals surface area (Å²) in [5.41, 5.74) is 0.231. The van der Waals surface area contributed by atoms with Gasteiger partial charge in [0.2, 0.25) is 0 Å². The zero-order chi connectivity index (χ0) is 22.3. The standard InChI is InChI=1S/C19H16F2N5O5/c1-24-17-16(18(28)25(2)19(24)29)26(9-22-17)7-15(27)30-8-11-6-14(31-23-11)12-4-3-10(20)5-13(12)21/h3-6,9,16H,7-8H2,1-2H3/q+1. The van der Waals surface area contributed by atoms with Gasteiger partial charge in [0.05, 0.1) is 5.56 Å². The number of carbonyl (C=O) groups is 3. The van der Waals surface area contributed by atoms with Gasteiger partial charge in [-0.3, -0.25) is 14.6 Å². The number of likely N-dealkylation sites (N-methyl/N-ethyl adjacent to an activating group) is 2. The fraction of sp³-hybridized carbons (Fsp3) is 0.263. The van der Waals surface area contributed by atoms with E-state index in [9.17, 15) is 23.2 Å². The van der Waals surface area contributed by atoms with Crippen LogP contribution in [0.2, 0.25) is 0 Å². The van der Waals surface area contributed by atoms with E-state index in [-0.39, 0.29) is 36.0 Å². The van der Waals surface area contributed by atoms with Crippen LogP contribution in [0, 0.1) is 11.6 Å². The number of nitrogens with zero attached hydrogens (tertiary/aromatic N) is 5. The van der Waals surface area contributed by atoms with Crippen LogP contribution in [0.25, 0.3) is 11.3 Å². The normalized spacial score (nSPS) is 18.1. The number of esters is 1. The van der Waals surface area contributed by atoms with E-state index in [1.54, 1.807) is 0 Å². The molecule has 0 N–H and O–H groups in total. The average Bonchev–Trinajstić information content (AvgIpc) is 3.36. The summed E-state index contributed by atoms with van der Waals surface area (Å²) in [5, 5.41) is 3.70. The minimum atomic E-state index is -0.902. The van der Waals surface area contributed by atoms with Crippen molar-refractivity contribution in [3.63, 3.8) is 0 Å². The minimum Gasteiger partial charge on any atom is -0.456 e. The summed E-state index contributed by atoms with van der Waals surface area (Å²) in [4.78, 5) is 42.9. The van der Waals surface area contributed by atoms with Crippen molar-refractivity contribution in [2.24, 2.45) is 4.99 Å². The van der Waals surface area contributed by atoms with Crippen molar-refractivity contribution in [2.75, 3.05) is 20.6 Å². The van der Waals surface area contributed by atoms with E-state index in [2.05, 4.69) is 10.1 Å². The predicted octanol–water partition coefficient (Wildman–Crippen LogP) is 1.01. The Kier molecular flexibility index (Phi) is 5.05. The van der Waals surface area contributed by atoms with Gasteiger partial charge in [0.1, 0.15) is 23.9 Å². The molecule has 12 heteroatoms. The van der Waals surface area contributed by atoms with Crippen LogP contribution in [0.5, 0.6) is 0 Å². The molecule has 1 unspecified atom stereocenters. The molecule has 3 heterocycles. The van der Waals surface area contributed by atoms with E-state index >= 15 is 0 Å². The fourth-order valence-corrected chi connectivity index (χ4v) is 3.22. The van der Waals surface area contributed by atoms with Crippen LogP contribution in [0.15, 0.2) is 33.8 Å². The summed E-state index contributed by atoms with van der Waals surface area (Å²) in [6.07, 6.45) is 1.30. The molecule has 2 aliphatic rings. The number of carbonyl (C=O) groups excluding carboxylic acids is 3. The lowest BCUT2D eigenvalue weighted by Gasteiger charge is -2.30. The van der Waals surface area contributed by atoms with Crippen molar-refractivity contribution in [3.8, 4) is 11.3 Å². The third-order valence-corrected chi connectivity index (χ3v) is 4.84. The van der Waals surface area contributed by atoms with Gasteiger partial charge in [0, 0.05) is 26.2 Å². The van der Waals surface area contributed by atoms with Crippen LogP contribution in [-0.2, 0) is 20.9 Å². The number of aliphatic imine (C=N–C) groups is 1. The Morgan fingerprint density at radius 2 is 2.00 bits per heavy atom. The second-order valence-electron chi connectivity index (χ2n) is 6.88. The number of ether oxygens (including phenoxy) is 1. The average molecular weight is 432 g/mol. The third-order valence-electron chi connectivity index (χ3n) is 4.84. The molecule has 2 aliphatic heterocycles. The molecule has 1 atom stereocenters. The number of amidine groups is 1. The van der Waals surface area contributed by atoms with Gasteiger partial charge in [-0.1, -0.05) is 5.16 Å². The molecule has 1 aromatic heterocycles. The Bertz CT molecular complexity index is 1160. The summed E-state index contributed by atoms with van der Waals surface area (Å²) in [5.74, 6) is -2.45. The maximum atomic E-state index is 13.8. The highest BCUT2D eigenvalue weighted by Gasteiger charge is 2.50. The molecule has 3 amide bonds. The van der Waals surface area contributed by atoms with Gasteiger partial charge >= 0.3 is 12.0 Å². The van der Waals surface area contributed by atoms with Gasteiger partial charge in [-0.05, 0) is 17.1 Å². The van der Waals surface area contributed by atoms with E-state index in [0.717, 1.165) is 17.0 Å². The SMILES string of the molecule is CN1C(=O)C2C(=NC=[N+]2CC(=O)OCc2cc(-c3ccc(F)cc3F)on2)N(C)C1=O. The van der Waals surface area contributed by atoms with E-state index in [0.29, 0.717) is 0 Å². The Morgan fingerprint density at radius 1 is 1.23 bits per heavy atom. The van der Waals surface area contributed by atoms with E-state index in [4.69, 9.17) is 9.26 Å². The van der Waals surface area contributed by atoms with Crippen molar-refractivity contribution in [2.45, 2.75) is 12.6 Å². The zero-order valence-corrected chi connectivity index (χ0v) is 16.4. The monoisotopic (exact) mass is 432 g/mol. The smallest absolute Gasteiger partial charge is 0.348 e. The summed E-state index contributed by atoms with van der Waals surface area (Å²) in [7, 11) is 2.83. The van der Waals surface area contributed by atoms with Gasteiger partial charge < -0.3 is 9.26 Å². The van der Waals surface area contributed by atoms with Crippen molar-refractivity contribution in [1.82, 2.24) is 15.0 Å². The molecule has 2 aromatic rings. The first kappa shape index (κ1) is 20.3. The number of amides is 3. The van der Waals surface area contributed by atoms with E-state index in [1.807, 2.05) is 0 Å². The first-order chi connectivity index (χ1) is 14.8. The van der Waals surface area contributed by atoms with Crippen LogP contribution in [0.3, 0.4) is 0 Å². The largest absolute Gasteiger partial charge is 0.456 e. The molecular weight excluding hydrogens is 416 g/mol. The highest BCUT2D eigenvalue weighted by molar-refractivity contribution is 6.21. The van der Waals surface area contributed by atoms with Crippen molar-refractivity contribution < 1.29 is 37.0 Å². The quantitative estimate of drug-likeness (QED) is 0.516. The lowest BCUT2D eigenvalue weighted by Crippen LogP contribution is -2.61. The molecule has 0 bridgehead atoms. The number of hydrogen-bond donors (Lipinski definition) is 0. The molecular formula is C19H16F2N5O5+. The van der Waals surface area contributed by atoms with Crippen LogP contribution < -0.4 is 0 Å². The number of imide groups is 1. The summed E-state index contributed by atoms with van der Waals surface area (Å²) in [6.45, 7) is -0.555. The molecule has 0 aliphatic carbocycles. The summed E-state index contributed by atoms with van der Waals surface area (Å²) < 4.78 is 38.4. The Morgan fingerprint density at radius 3 is 2.74 bits per heavy atom. The molecule has 4 rings (SSSR count). The van der Waals surface area contributed by atoms with Gasteiger partial charge in [-0.2, -0.15) is 0 Å². The molecule has 1 saturated heterocycles. The second-order valence-corrected chi connectivity index (χ2v) is 6.88. The number of benzene rings is 1. The number of urea groups is 1. The molecule has 31 heavy (non-hydrogen) atoms. The van der Waals surface area contributed by atoms with Gasteiger partial charge in [0.25, 0.3) is 24.1 Å². The Labute approximate surface area is 174 Å². The van der Waals surface area contributed by atoms with E-state index in [1.165, 1.54) is 42.0 Å². The van der Waals surface area contributed by atoms with Crippen LogP contribution in [-0.4, -0.2) is 76.3 Å². The van der Waals surface area contributed by atoms with E-state index < -0.39 is 35.6 Å². The van der Waals surface area contributed by atoms with Gasteiger partial charge in [-0.15, -0.1) is 0 Å². The molecule has 160 valence electrons. The van der Waals surface area contributed by atoms with Gasteiger partial charge in [-0.25, -0.2) is 22.9 Å². The van der Waals surface area contributed by atoms with Crippen LogP contribution in [0.1, 0.15) is 5.69 Å². The lowest BCUT2D eigenvalue weighted by molar-refractivity contribution is -0.521. The number of hydrogen-bond acceptors (Lipinski definition) is 7. The highest BCUT2D eigenvalue weighted by Crippen LogP contribution is 2.24. The van der Waals surface area contributed by atoms with Gasteiger partial charge in [0.15, 0.2) is 12.3 Å². The molecule has 0 spiro atoms. The molecule has 10 nitrogen and oxygen atoms in total. The summed E-state index contributed by atoms with van der Waals surface area (Å²) in [6, 6.07) is 2.96. The highest BCUT2D eigenvalue weighted by atomic mass is 19.1. The number of rotatable bonds is 5. The first-order valence-corrected chi connectivity index (χ1v) is 9.05. The Balaban J connectivity index is 1.37. The number of halogens is 2. The molecule has 0 radical (unpaired) electrons. The first-order valence-electron chi connectivity index (χ1n) is 9.05. The maximum absolute atomic E-state index is 13.8. The van der Waals surface area contributed by atoms with Crippen LogP contribution in [0.4, 0.5) is 13.6 Å².